The number of hydrogen-bond acceptors (Lipinski definition) is 4. The minimum absolute atomic E-state index is 0.117. The molecule has 118 valence electrons. The molecule has 1 rings (SSSR count). The number of nitrogens with one attached hydrogen (secondary N) is 1. The lowest BCUT2D eigenvalue weighted by Gasteiger charge is -2.18. The summed E-state index contributed by atoms with van der Waals surface area (Å²) in [5.41, 5.74) is 0. The molecule has 0 aromatic heterocycles. The smallest absolute Gasteiger partial charge is 0.307 e. The lowest BCUT2D eigenvalue weighted by Crippen LogP contribution is -2.35. The van der Waals surface area contributed by atoms with Crippen molar-refractivity contribution < 1.29 is 9.53 Å². The molecule has 0 bridgehead atoms. The van der Waals surface area contributed by atoms with Gasteiger partial charge in [-0.3, -0.25) is 4.79 Å². The van der Waals surface area contributed by atoms with Gasteiger partial charge in [0.25, 0.3) is 0 Å². The summed E-state index contributed by atoms with van der Waals surface area (Å²) in [5, 5.41) is 3.49. The average Bonchev–Trinajstić information content (AvgIpc) is 2.45. The van der Waals surface area contributed by atoms with Gasteiger partial charge in [0.2, 0.25) is 0 Å². The predicted octanol–water partition coefficient (Wildman–Crippen LogP) is 3.74. The zero-order valence-electron chi connectivity index (χ0n) is 13.3. The zero-order chi connectivity index (χ0) is 15.5. The molecule has 0 amide bonds. The van der Waals surface area contributed by atoms with E-state index in [-0.39, 0.29) is 12.0 Å². The number of ether oxygens (including phenoxy) is 1. The number of benzene rings is 1. The highest BCUT2D eigenvalue weighted by atomic mass is 32.2. The monoisotopic (exact) mass is 309 g/mol. The summed E-state index contributed by atoms with van der Waals surface area (Å²) in [7, 11) is 0. The summed E-state index contributed by atoms with van der Waals surface area (Å²) < 4.78 is 5.06. The maximum Gasteiger partial charge on any atom is 0.307 e. The molecule has 1 N–H and O–H groups in total. The van der Waals surface area contributed by atoms with Crippen molar-refractivity contribution in [3.05, 3.63) is 30.3 Å². The summed E-state index contributed by atoms with van der Waals surface area (Å²) in [4.78, 5) is 12.9. The van der Waals surface area contributed by atoms with E-state index in [1.165, 1.54) is 4.90 Å². The maximum absolute atomic E-state index is 11.7. The second kappa shape index (κ2) is 10.7. The average molecular weight is 309 g/mol. The Hall–Kier alpha value is -1.00. The van der Waals surface area contributed by atoms with E-state index >= 15 is 0 Å². The SMILES string of the molecule is CCOC(=O)CC(CSc1ccccc1)NCCC(C)C. The second-order valence-corrected chi connectivity index (χ2v) is 6.56. The third-order valence-corrected chi connectivity index (χ3v) is 4.24. The largest absolute Gasteiger partial charge is 0.466 e. The van der Waals surface area contributed by atoms with Crippen LogP contribution in [-0.4, -0.2) is 30.9 Å². The summed E-state index contributed by atoms with van der Waals surface area (Å²) in [6.07, 6.45) is 1.56. The molecule has 1 aromatic carbocycles. The van der Waals surface area contributed by atoms with E-state index in [4.69, 9.17) is 4.74 Å². The van der Waals surface area contributed by atoms with Gasteiger partial charge in [-0.15, -0.1) is 11.8 Å². The molecule has 0 saturated heterocycles. The molecule has 0 spiro atoms. The van der Waals surface area contributed by atoms with Crippen molar-refractivity contribution in [2.75, 3.05) is 18.9 Å². The molecule has 0 saturated carbocycles. The lowest BCUT2D eigenvalue weighted by molar-refractivity contribution is -0.143. The Morgan fingerprint density at radius 1 is 1.29 bits per heavy atom. The van der Waals surface area contributed by atoms with Crippen LogP contribution in [0, 0.1) is 5.92 Å². The molecule has 0 aliphatic carbocycles. The van der Waals surface area contributed by atoms with Gasteiger partial charge in [-0.25, -0.2) is 0 Å². The Bertz CT molecular complexity index is 395. The molecule has 1 aromatic rings. The molecule has 0 fully saturated rings. The fourth-order valence-corrected chi connectivity index (χ4v) is 2.88. The molecule has 0 aliphatic rings. The number of rotatable bonds is 10. The van der Waals surface area contributed by atoms with Gasteiger partial charge in [0.1, 0.15) is 0 Å². The van der Waals surface area contributed by atoms with E-state index in [2.05, 4.69) is 31.3 Å². The summed E-state index contributed by atoms with van der Waals surface area (Å²) in [6.45, 7) is 7.65. The van der Waals surface area contributed by atoms with Crippen LogP contribution in [0.25, 0.3) is 0 Å². The molecule has 1 atom stereocenters. The third-order valence-electron chi connectivity index (χ3n) is 3.07. The highest BCUT2D eigenvalue weighted by molar-refractivity contribution is 7.99. The highest BCUT2D eigenvalue weighted by Crippen LogP contribution is 2.19. The molecule has 0 heterocycles. The fraction of sp³-hybridized carbons (Fsp3) is 0.588. The van der Waals surface area contributed by atoms with E-state index < -0.39 is 0 Å². The Morgan fingerprint density at radius 3 is 2.62 bits per heavy atom. The van der Waals surface area contributed by atoms with Crippen LogP contribution < -0.4 is 5.32 Å². The Labute approximate surface area is 132 Å². The zero-order valence-corrected chi connectivity index (χ0v) is 14.1. The minimum atomic E-state index is -0.117. The van der Waals surface area contributed by atoms with Crippen molar-refractivity contribution >= 4 is 17.7 Å². The predicted molar refractivity (Wildman–Crippen MR) is 89.7 cm³/mol. The van der Waals surface area contributed by atoms with Crippen LogP contribution >= 0.6 is 11.8 Å². The van der Waals surface area contributed by atoms with E-state index in [9.17, 15) is 4.79 Å². The Balaban J connectivity index is 2.44. The van der Waals surface area contributed by atoms with Gasteiger partial charge in [-0.05, 0) is 37.9 Å². The minimum Gasteiger partial charge on any atom is -0.466 e. The molecular weight excluding hydrogens is 282 g/mol. The highest BCUT2D eigenvalue weighted by Gasteiger charge is 2.14. The van der Waals surface area contributed by atoms with Crippen LogP contribution in [-0.2, 0) is 9.53 Å². The van der Waals surface area contributed by atoms with Crippen LogP contribution in [0.1, 0.15) is 33.6 Å². The Morgan fingerprint density at radius 2 is 2.00 bits per heavy atom. The first kappa shape index (κ1) is 18.1. The third kappa shape index (κ3) is 8.79. The van der Waals surface area contributed by atoms with Crippen LogP contribution in [0.4, 0.5) is 0 Å². The molecule has 4 heteroatoms. The van der Waals surface area contributed by atoms with Crippen molar-refractivity contribution in [3.8, 4) is 0 Å². The number of esters is 1. The van der Waals surface area contributed by atoms with Crippen molar-refractivity contribution in [1.29, 1.82) is 0 Å². The summed E-state index contributed by atoms with van der Waals surface area (Å²) in [5.74, 6) is 1.43. The van der Waals surface area contributed by atoms with Gasteiger partial charge in [0.05, 0.1) is 13.0 Å². The van der Waals surface area contributed by atoms with Gasteiger partial charge < -0.3 is 10.1 Å². The molecule has 3 nitrogen and oxygen atoms in total. The van der Waals surface area contributed by atoms with E-state index in [1.54, 1.807) is 11.8 Å². The first-order valence-electron chi connectivity index (χ1n) is 7.68. The topological polar surface area (TPSA) is 38.3 Å². The Kier molecular flexibility index (Phi) is 9.19. The van der Waals surface area contributed by atoms with Gasteiger partial charge >= 0.3 is 5.97 Å². The molecule has 0 aliphatic heterocycles. The van der Waals surface area contributed by atoms with Crippen LogP contribution in [0.2, 0.25) is 0 Å². The number of hydrogen-bond donors (Lipinski definition) is 1. The first-order chi connectivity index (χ1) is 10.1. The van der Waals surface area contributed by atoms with Crippen LogP contribution in [0.5, 0.6) is 0 Å². The quantitative estimate of drug-likeness (QED) is 0.528. The second-order valence-electron chi connectivity index (χ2n) is 5.47. The standard InChI is InChI=1S/C17H27NO2S/c1-4-20-17(19)12-15(18-11-10-14(2)3)13-21-16-8-6-5-7-9-16/h5-9,14-15,18H,4,10-13H2,1-3H3. The molecule has 21 heavy (non-hydrogen) atoms. The van der Waals surface area contributed by atoms with Crippen molar-refractivity contribution in [3.63, 3.8) is 0 Å². The van der Waals surface area contributed by atoms with Crippen molar-refractivity contribution in [1.82, 2.24) is 5.32 Å². The maximum atomic E-state index is 11.7. The normalized spacial score (nSPS) is 12.4. The molecule has 1 unspecified atom stereocenters. The molecular formula is C17H27NO2S. The summed E-state index contributed by atoms with van der Waals surface area (Å²) >= 11 is 1.78. The van der Waals surface area contributed by atoms with Crippen LogP contribution in [0.15, 0.2) is 35.2 Å². The van der Waals surface area contributed by atoms with Crippen molar-refractivity contribution in [2.45, 2.75) is 44.6 Å². The van der Waals surface area contributed by atoms with E-state index in [1.807, 2.05) is 25.1 Å². The number of thioether (sulfide) groups is 1. The lowest BCUT2D eigenvalue weighted by atomic mass is 10.1. The van der Waals surface area contributed by atoms with Gasteiger partial charge in [-0.2, -0.15) is 0 Å². The summed E-state index contributed by atoms with van der Waals surface area (Å²) in [6, 6.07) is 10.4. The van der Waals surface area contributed by atoms with E-state index in [0.717, 1.165) is 18.7 Å². The number of carbonyl (C=O) groups is 1. The fourth-order valence-electron chi connectivity index (χ4n) is 1.90. The van der Waals surface area contributed by atoms with Gasteiger partial charge in [0.15, 0.2) is 0 Å². The first-order valence-corrected chi connectivity index (χ1v) is 8.67. The van der Waals surface area contributed by atoms with E-state index in [0.29, 0.717) is 18.9 Å². The van der Waals surface area contributed by atoms with Gasteiger partial charge in [0, 0.05) is 16.7 Å². The number of carbonyl (C=O) groups excluding carboxylic acids is 1. The molecule has 0 radical (unpaired) electrons. The van der Waals surface area contributed by atoms with Crippen molar-refractivity contribution in [2.24, 2.45) is 5.92 Å². The van der Waals surface area contributed by atoms with Crippen LogP contribution in [0.3, 0.4) is 0 Å². The van der Waals surface area contributed by atoms with Gasteiger partial charge in [-0.1, -0.05) is 32.0 Å².